The zero-order valence-corrected chi connectivity index (χ0v) is 12.0. The highest BCUT2D eigenvalue weighted by atomic mass is 16.1. The number of piperidine rings is 1. The number of carbonyl (C=O) groups is 1. The number of amides is 1. The van der Waals surface area contributed by atoms with Crippen LogP contribution in [0.1, 0.15) is 53.9 Å². The molecule has 3 heteroatoms. The van der Waals surface area contributed by atoms with Gasteiger partial charge in [0.15, 0.2) is 0 Å². The van der Waals surface area contributed by atoms with Crippen LogP contribution in [0.25, 0.3) is 0 Å². The maximum absolute atomic E-state index is 11.8. The first-order valence-corrected chi connectivity index (χ1v) is 6.71. The van der Waals surface area contributed by atoms with Crippen molar-refractivity contribution in [1.29, 1.82) is 0 Å². The molecule has 100 valence electrons. The molecule has 0 aromatic rings. The standard InChI is InChI=1S/C14H28N2O/c1-13(2,3)9-12(17)16-10-11-14(4,5)7-6-8-15-11/h11,15H,6-10H2,1-5H3,(H,16,17). The highest BCUT2D eigenvalue weighted by Crippen LogP contribution is 2.29. The van der Waals surface area contributed by atoms with Crippen LogP contribution >= 0.6 is 0 Å². The third-order valence-corrected chi connectivity index (χ3v) is 3.53. The van der Waals surface area contributed by atoms with E-state index in [1.807, 2.05) is 0 Å². The van der Waals surface area contributed by atoms with Crippen LogP contribution in [0.4, 0.5) is 0 Å². The number of rotatable bonds is 3. The minimum Gasteiger partial charge on any atom is -0.355 e. The molecule has 0 aliphatic carbocycles. The second-order valence-electron chi connectivity index (χ2n) is 7.14. The minimum absolute atomic E-state index is 0.0690. The Morgan fingerprint density at radius 2 is 2.06 bits per heavy atom. The lowest BCUT2D eigenvalue weighted by Gasteiger charge is -2.39. The van der Waals surface area contributed by atoms with Gasteiger partial charge in [0, 0.05) is 19.0 Å². The molecule has 0 aromatic heterocycles. The van der Waals surface area contributed by atoms with E-state index in [2.05, 4.69) is 45.3 Å². The molecule has 2 N–H and O–H groups in total. The molecule has 0 spiro atoms. The van der Waals surface area contributed by atoms with Crippen LogP contribution in [0, 0.1) is 10.8 Å². The molecule has 1 aliphatic rings. The average Bonchev–Trinajstić information content (AvgIpc) is 2.12. The zero-order chi connectivity index (χ0) is 13.1. The van der Waals surface area contributed by atoms with Gasteiger partial charge < -0.3 is 10.6 Å². The maximum Gasteiger partial charge on any atom is 0.220 e. The Bertz CT molecular complexity index is 266. The first-order chi connectivity index (χ1) is 7.71. The Balaban J connectivity index is 2.37. The molecule has 3 nitrogen and oxygen atoms in total. The Labute approximate surface area is 106 Å². The van der Waals surface area contributed by atoms with Crippen LogP contribution in [-0.2, 0) is 4.79 Å². The van der Waals surface area contributed by atoms with Gasteiger partial charge >= 0.3 is 0 Å². The quantitative estimate of drug-likeness (QED) is 0.795. The van der Waals surface area contributed by atoms with Crippen molar-refractivity contribution < 1.29 is 4.79 Å². The fraction of sp³-hybridized carbons (Fsp3) is 0.929. The minimum atomic E-state index is 0.0690. The van der Waals surface area contributed by atoms with E-state index in [1.54, 1.807) is 0 Å². The van der Waals surface area contributed by atoms with Crippen LogP contribution in [0.2, 0.25) is 0 Å². The first-order valence-electron chi connectivity index (χ1n) is 6.71. The van der Waals surface area contributed by atoms with Crippen LogP contribution in [0.15, 0.2) is 0 Å². The molecule has 1 amide bonds. The van der Waals surface area contributed by atoms with Gasteiger partial charge in [-0.1, -0.05) is 34.6 Å². The van der Waals surface area contributed by atoms with Crippen molar-refractivity contribution in [1.82, 2.24) is 10.6 Å². The van der Waals surface area contributed by atoms with E-state index in [9.17, 15) is 4.79 Å². The number of hydrogen-bond donors (Lipinski definition) is 2. The van der Waals surface area contributed by atoms with Crippen molar-refractivity contribution in [2.45, 2.75) is 59.9 Å². The van der Waals surface area contributed by atoms with Crippen molar-refractivity contribution in [2.75, 3.05) is 13.1 Å². The summed E-state index contributed by atoms with van der Waals surface area (Å²) in [4.78, 5) is 11.8. The topological polar surface area (TPSA) is 41.1 Å². The van der Waals surface area contributed by atoms with E-state index in [0.29, 0.717) is 12.5 Å². The van der Waals surface area contributed by atoms with Crippen molar-refractivity contribution in [3.05, 3.63) is 0 Å². The fourth-order valence-electron chi connectivity index (χ4n) is 2.38. The van der Waals surface area contributed by atoms with Gasteiger partial charge in [0.1, 0.15) is 0 Å². The van der Waals surface area contributed by atoms with Gasteiger partial charge in [-0.15, -0.1) is 0 Å². The van der Waals surface area contributed by atoms with Gasteiger partial charge in [-0.3, -0.25) is 4.79 Å². The highest BCUT2D eigenvalue weighted by molar-refractivity contribution is 5.76. The molecule has 1 atom stereocenters. The molecule has 1 fully saturated rings. The molecule has 1 saturated heterocycles. The molecule has 1 rings (SSSR count). The Morgan fingerprint density at radius 3 is 2.59 bits per heavy atom. The zero-order valence-electron chi connectivity index (χ0n) is 12.0. The smallest absolute Gasteiger partial charge is 0.220 e. The molecule has 0 radical (unpaired) electrons. The van der Waals surface area contributed by atoms with E-state index < -0.39 is 0 Å². The van der Waals surface area contributed by atoms with Crippen molar-refractivity contribution in [3.63, 3.8) is 0 Å². The van der Waals surface area contributed by atoms with E-state index in [4.69, 9.17) is 0 Å². The summed E-state index contributed by atoms with van der Waals surface area (Å²) in [6.07, 6.45) is 3.07. The van der Waals surface area contributed by atoms with E-state index >= 15 is 0 Å². The molecular formula is C14H28N2O. The van der Waals surface area contributed by atoms with Crippen LogP contribution in [-0.4, -0.2) is 25.0 Å². The van der Waals surface area contributed by atoms with E-state index in [-0.39, 0.29) is 16.7 Å². The number of carbonyl (C=O) groups excluding carboxylic acids is 1. The van der Waals surface area contributed by atoms with Gasteiger partial charge in [-0.25, -0.2) is 0 Å². The molecule has 0 bridgehead atoms. The summed E-state index contributed by atoms with van der Waals surface area (Å²) in [5.41, 5.74) is 0.354. The summed E-state index contributed by atoms with van der Waals surface area (Å²) < 4.78 is 0. The lowest BCUT2D eigenvalue weighted by molar-refractivity contribution is -0.123. The third-order valence-electron chi connectivity index (χ3n) is 3.53. The summed E-state index contributed by atoms with van der Waals surface area (Å²) in [6, 6.07) is 0.403. The van der Waals surface area contributed by atoms with E-state index in [1.165, 1.54) is 12.8 Å². The van der Waals surface area contributed by atoms with Crippen molar-refractivity contribution in [2.24, 2.45) is 10.8 Å². The van der Waals surface area contributed by atoms with Crippen molar-refractivity contribution >= 4 is 5.91 Å². The van der Waals surface area contributed by atoms with Gasteiger partial charge in [0.2, 0.25) is 5.91 Å². The van der Waals surface area contributed by atoms with Gasteiger partial charge in [-0.05, 0) is 30.2 Å². The van der Waals surface area contributed by atoms with Gasteiger partial charge in [0.25, 0.3) is 0 Å². The summed E-state index contributed by atoms with van der Waals surface area (Å²) in [7, 11) is 0. The predicted molar refractivity (Wildman–Crippen MR) is 71.9 cm³/mol. The summed E-state index contributed by atoms with van der Waals surface area (Å²) in [6.45, 7) is 12.7. The monoisotopic (exact) mass is 240 g/mol. The molecule has 0 saturated carbocycles. The Kier molecular flexibility index (Phi) is 4.59. The lowest BCUT2D eigenvalue weighted by atomic mass is 9.77. The molecule has 17 heavy (non-hydrogen) atoms. The molecule has 0 aromatic carbocycles. The highest BCUT2D eigenvalue weighted by Gasteiger charge is 2.32. The Hall–Kier alpha value is -0.570. The SMILES string of the molecule is CC(C)(C)CC(=O)NCC1NCCCC1(C)C. The third kappa shape index (κ3) is 5.07. The summed E-state index contributed by atoms with van der Waals surface area (Å²) in [5.74, 6) is 0.167. The fourth-order valence-corrected chi connectivity index (χ4v) is 2.38. The number of hydrogen-bond acceptors (Lipinski definition) is 2. The first kappa shape index (κ1) is 14.5. The van der Waals surface area contributed by atoms with Crippen molar-refractivity contribution in [3.8, 4) is 0 Å². The normalized spacial score (nSPS) is 24.4. The number of nitrogens with one attached hydrogen (secondary N) is 2. The van der Waals surface area contributed by atoms with Crippen LogP contribution < -0.4 is 10.6 Å². The molecule has 1 aliphatic heterocycles. The summed E-state index contributed by atoms with van der Waals surface area (Å²) >= 11 is 0. The molecular weight excluding hydrogens is 212 g/mol. The van der Waals surface area contributed by atoms with Gasteiger partial charge in [0.05, 0.1) is 0 Å². The lowest BCUT2D eigenvalue weighted by Crippen LogP contribution is -2.53. The predicted octanol–water partition coefficient (Wildman–Crippen LogP) is 2.32. The second kappa shape index (κ2) is 5.38. The van der Waals surface area contributed by atoms with Crippen LogP contribution in [0.5, 0.6) is 0 Å². The maximum atomic E-state index is 11.8. The molecule has 1 heterocycles. The van der Waals surface area contributed by atoms with Crippen LogP contribution in [0.3, 0.4) is 0 Å². The molecule has 1 unspecified atom stereocenters. The van der Waals surface area contributed by atoms with Gasteiger partial charge in [-0.2, -0.15) is 0 Å². The summed E-state index contributed by atoms with van der Waals surface area (Å²) in [5, 5.41) is 6.58. The van der Waals surface area contributed by atoms with E-state index in [0.717, 1.165) is 13.1 Å². The average molecular weight is 240 g/mol. The second-order valence-corrected chi connectivity index (χ2v) is 7.14. The largest absolute Gasteiger partial charge is 0.355 e. The Morgan fingerprint density at radius 1 is 1.41 bits per heavy atom.